The van der Waals surface area contributed by atoms with Gasteiger partial charge in [-0.2, -0.15) is 0 Å². The molecule has 0 saturated heterocycles. The Kier molecular flexibility index (Phi) is 5.93. The Morgan fingerprint density at radius 1 is 1.62 bits per heavy atom. The first-order valence-electron chi connectivity index (χ1n) is 5.48. The van der Waals surface area contributed by atoms with Crippen LogP contribution >= 0.6 is 11.8 Å². The van der Waals surface area contributed by atoms with Crippen LogP contribution in [0.15, 0.2) is 17.3 Å². The van der Waals surface area contributed by atoms with Gasteiger partial charge in [-0.25, -0.2) is 4.98 Å². The maximum atomic E-state index is 4.37. The molecule has 0 radical (unpaired) electrons. The van der Waals surface area contributed by atoms with E-state index < -0.39 is 0 Å². The molecule has 3 nitrogen and oxygen atoms in total. The van der Waals surface area contributed by atoms with Gasteiger partial charge in [-0.1, -0.05) is 6.08 Å². The number of aromatic nitrogens is 2. The van der Waals surface area contributed by atoms with E-state index in [2.05, 4.69) is 34.0 Å². The number of rotatable bonds is 7. The van der Waals surface area contributed by atoms with Gasteiger partial charge in [0.15, 0.2) is 0 Å². The second kappa shape index (κ2) is 7.28. The summed E-state index contributed by atoms with van der Waals surface area (Å²) in [7, 11) is 0. The molecule has 0 bridgehead atoms. The van der Waals surface area contributed by atoms with Crippen molar-refractivity contribution in [3.63, 3.8) is 0 Å². The van der Waals surface area contributed by atoms with Crippen LogP contribution in [-0.4, -0.2) is 29.5 Å². The Morgan fingerprint density at radius 2 is 2.44 bits per heavy atom. The molecule has 0 aromatic carbocycles. The smallest absolute Gasteiger partial charge is 0.106 e. The first-order chi connectivity index (χ1) is 7.81. The molecule has 0 atom stereocenters. The first kappa shape index (κ1) is 13.0. The second-order valence-electron chi connectivity index (χ2n) is 3.50. The minimum atomic E-state index is 0.846. The molecule has 0 aliphatic carbocycles. The highest BCUT2D eigenvalue weighted by Crippen LogP contribution is 2.23. The number of hydrogen-bond donors (Lipinski definition) is 1. The van der Waals surface area contributed by atoms with Crippen LogP contribution in [0.5, 0.6) is 0 Å². The van der Waals surface area contributed by atoms with Gasteiger partial charge in [0.2, 0.25) is 0 Å². The zero-order valence-electron chi connectivity index (χ0n) is 9.99. The van der Waals surface area contributed by atoms with Crippen molar-refractivity contribution in [3.05, 3.63) is 23.8 Å². The normalized spacial score (nSPS) is 11.8. The zero-order chi connectivity index (χ0) is 11.8. The monoisotopic (exact) mass is 237 g/mol. The molecule has 1 aromatic heterocycles. The van der Waals surface area contributed by atoms with Gasteiger partial charge >= 0.3 is 0 Å². The summed E-state index contributed by atoms with van der Waals surface area (Å²) in [6.07, 6.45) is 9.26. The van der Waals surface area contributed by atoms with Crippen LogP contribution in [0, 0.1) is 0 Å². The largest absolute Gasteiger partial charge is 0.342 e. The maximum Gasteiger partial charge on any atom is 0.106 e. The van der Waals surface area contributed by atoms with Gasteiger partial charge in [-0.3, -0.25) is 0 Å². The Morgan fingerprint density at radius 3 is 3.06 bits per heavy atom. The average Bonchev–Trinajstić information content (AvgIpc) is 2.75. The van der Waals surface area contributed by atoms with Gasteiger partial charge in [0, 0.05) is 17.9 Å². The molecule has 1 aromatic rings. The molecule has 1 heterocycles. The standard InChI is InChI=1S/C12H19N3S/c1-4-11(16-3)10-9-14-12(15-10)7-5-6-8-13-2/h4,9H,2,5-8H2,1,3H3,(H,14,15). The summed E-state index contributed by atoms with van der Waals surface area (Å²) in [5.41, 5.74) is 1.12. The average molecular weight is 237 g/mol. The van der Waals surface area contributed by atoms with E-state index >= 15 is 0 Å². The number of aliphatic imine (C=N–C) groups is 1. The molecule has 0 aliphatic heterocycles. The minimum Gasteiger partial charge on any atom is -0.342 e. The van der Waals surface area contributed by atoms with Gasteiger partial charge in [0.05, 0.1) is 11.9 Å². The van der Waals surface area contributed by atoms with Gasteiger partial charge in [-0.05, 0) is 32.7 Å². The van der Waals surface area contributed by atoms with E-state index in [-0.39, 0.29) is 0 Å². The van der Waals surface area contributed by atoms with Crippen molar-refractivity contribution in [1.82, 2.24) is 9.97 Å². The summed E-state index contributed by atoms with van der Waals surface area (Å²) in [6, 6.07) is 0. The summed E-state index contributed by atoms with van der Waals surface area (Å²) >= 11 is 1.73. The Hall–Kier alpha value is -1.03. The molecule has 1 rings (SSSR count). The van der Waals surface area contributed by atoms with Gasteiger partial charge in [0.1, 0.15) is 5.82 Å². The molecule has 0 spiro atoms. The predicted molar refractivity (Wildman–Crippen MR) is 73.1 cm³/mol. The molecule has 88 valence electrons. The molecule has 0 aliphatic rings. The number of H-pyrrole nitrogens is 1. The third kappa shape index (κ3) is 3.85. The van der Waals surface area contributed by atoms with Crippen LogP contribution in [0.1, 0.15) is 31.3 Å². The van der Waals surface area contributed by atoms with E-state index in [4.69, 9.17) is 0 Å². The third-order valence-corrected chi connectivity index (χ3v) is 3.25. The summed E-state index contributed by atoms with van der Waals surface area (Å²) < 4.78 is 0. The summed E-state index contributed by atoms with van der Waals surface area (Å²) in [6.45, 7) is 6.36. The Labute approximate surface area is 101 Å². The quantitative estimate of drug-likeness (QED) is 0.584. The number of unbranched alkanes of at least 4 members (excludes halogenated alkanes) is 1. The number of hydrogen-bond acceptors (Lipinski definition) is 3. The first-order valence-corrected chi connectivity index (χ1v) is 6.71. The predicted octanol–water partition coefficient (Wildman–Crippen LogP) is 3.16. The van der Waals surface area contributed by atoms with Gasteiger partial charge < -0.3 is 9.98 Å². The van der Waals surface area contributed by atoms with Crippen LogP contribution in [0.2, 0.25) is 0 Å². The minimum absolute atomic E-state index is 0.846. The van der Waals surface area contributed by atoms with Gasteiger partial charge in [-0.15, -0.1) is 11.8 Å². The number of allylic oxidation sites excluding steroid dienone is 1. The lowest BCUT2D eigenvalue weighted by molar-refractivity contribution is 0.725. The zero-order valence-corrected chi connectivity index (χ0v) is 10.8. The van der Waals surface area contributed by atoms with E-state index in [1.165, 1.54) is 4.91 Å². The highest BCUT2D eigenvalue weighted by atomic mass is 32.2. The van der Waals surface area contributed by atoms with E-state index in [0.29, 0.717) is 0 Å². The van der Waals surface area contributed by atoms with Gasteiger partial charge in [0.25, 0.3) is 0 Å². The molecular weight excluding hydrogens is 218 g/mol. The summed E-state index contributed by atoms with van der Waals surface area (Å²) in [4.78, 5) is 12.8. The van der Waals surface area contributed by atoms with Crippen LogP contribution in [0.3, 0.4) is 0 Å². The number of aryl methyl sites for hydroxylation is 1. The van der Waals surface area contributed by atoms with Crippen molar-refractivity contribution in [1.29, 1.82) is 0 Å². The maximum absolute atomic E-state index is 4.37. The molecule has 1 N–H and O–H groups in total. The fourth-order valence-electron chi connectivity index (χ4n) is 1.51. The number of nitrogens with zero attached hydrogens (tertiary/aromatic N) is 2. The number of nitrogens with one attached hydrogen (secondary N) is 1. The van der Waals surface area contributed by atoms with Crippen LogP contribution in [0.4, 0.5) is 0 Å². The van der Waals surface area contributed by atoms with Crippen molar-refractivity contribution >= 4 is 23.4 Å². The van der Waals surface area contributed by atoms with Crippen molar-refractivity contribution in [2.45, 2.75) is 26.2 Å². The van der Waals surface area contributed by atoms with Crippen LogP contribution in [0.25, 0.3) is 4.91 Å². The van der Waals surface area contributed by atoms with E-state index in [1.807, 2.05) is 13.1 Å². The molecule has 0 fully saturated rings. The highest BCUT2D eigenvalue weighted by Gasteiger charge is 2.03. The second-order valence-corrected chi connectivity index (χ2v) is 4.35. The van der Waals surface area contributed by atoms with Crippen molar-refractivity contribution in [3.8, 4) is 0 Å². The topological polar surface area (TPSA) is 41.0 Å². The fraction of sp³-hybridized carbons (Fsp3) is 0.500. The number of thioether (sulfide) groups is 1. The molecule has 0 saturated carbocycles. The molecule has 0 unspecified atom stereocenters. The summed E-state index contributed by atoms with van der Waals surface area (Å²) in [5, 5.41) is 0. The molecule has 0 amide bonds. The lowest BCUT2D eigenvalue weighted by Gasteiger charge is -1.98. The highest BCUT2D eigenvalue weighted by molar-refractivity contribution is 8.07. The van der Waals surface area contributed by atoms with Crippen molar-refractivity contribution in [2.24, 2.45) is 4.99 Å². The van der Waals surface area contributed by atoms with Crippen LogP contribution < -0.4 is 0 Å². The number of imidazole rings is 1. The van der Waals surface area contributed by atoms with Crippen molar-refractivity contribution < 1.29 is 0 Å². The van der Waals surface area contributed by atoms with Crippen molar-refractivity contribution in [2.75, 3.05) is 12.8 Å². The van der Waals surface area contributed by atoms with E-state index in [1.54, 1.807) is 11.8 Å². The fourth-order valence-corrected chi connectivity index (χ4v) is 2.07. The van der Waals surface area contributed by atoms with E-state index in [9.17, 15) is 0 Å². The lowest BCUT2D eigenvalue weighted by atomic mass is 10.2. The van der Waals surface area contributed by atoms with E-state index in [0.717, 1.165) is 37.3 Å². The molecule has 16 heavy (non-hydrogen) atoms. The molecule has 4 heteroatoms. The van der Waals surface area contributed by atoms with Crippen LogP contribution in [-0.2, 0) is 6.42 Å². The summed E-state index contributed by atoms with van der Waals surface area (Å²) in [5.74, 6) is 1.06. The lowest BCUT2D eigenvalue weighted by Crippen LogP contribution is -1.90. The Bertz CT molecular complexity index is 355. The molecular formula is C12H19N3S. The Balaban J connectivity index is 2.48. The number of aromatic amines is 1. The SMILES string of the molecule is C=NCCCCc1ncc(C(=CC)SC)[nH]1. The third-order valence-electron chi connectivity index (χ3n) is 2.36.